The van der Waals surface area contributed by atoms with Crippen LogP contribution in [0.3, 0.4) is 0 Å². The van der Waals surface area contributed by atoms with Gasteiger partial charge in [0.25, 0.3) is 5.91 Å². The molecule has 1 aliphatic rings. The molecular weight excluding hydrogens is 352 g/mol. The van der Waals surface area contributed by atoms with Crippen LogP contribution in [0.1, 0.15) is 43.9 Å². The fourth-order valence-corrected chi connectivity index (χ4v) is 3.52. The van der Waals surface area contributed by atoms with Gasteiger partial charge in [-0.15, -0.1) is 0 Å². The summed E-state index contributed by atoms with van der Waals surface area (Å²) in [6, 6.07) is 9.72. The van der Waals surface area contributed by atoms with Gasteiger partial charge in [-0.25, -0.2) is 4.98 Å². The lowest BCUT2D eigenvalue weighted by Crippen LogP contribution is -2.35. The Morgan fingerprint density at radius 1 is 1.11 bits per heavy atom. The second-order valence-corrected chi connectivity index (χ2v) is 7.31. The molecule has 2 aromatic rings. The van der Waals surface area contributed by atoms with Crippen LogP contribution in [0, 0.1) is 13.8 Å². The van der Waals surface area contributed by atoms with Crippen molar-refractivity contribution < 1.29 is 9.53 Å². The van der Waals surface area contributed by atoms with Gasteiger partial charge in [0.2, 0.25) is 11.8 Å². The van der Waals surface area contributed by atoms with Gasteiger partial charge in [0.05, 0.1) is 0 Å². The zero-order chi connectivity index (χ0) is 19.9. The van der Waals surface area contributed by atoms with Gasteiger partial charge in [0.15, 0.2) is 6.61 Å². The number of rotatable bonds is 6. The maximum atomic E-state index is 12.7. The molecular formula is C22H30N4O2. The zero-order valence-electron chi connectivity index (χ0n) is 17.1. The van der Waals surface area contributed by atoms with Crippen LogP contribution in [0.2, 0.25) is 0 Å². The molecule has 0 atom stereocenters. The van der Waals surface area contributed by atoms with Crippen molar-refractivity contribution in [1.82, 2.24) is 9.97 Å². The number of ether oxygens (including phenoxy) is 1. The van der Waals surface area contributed by atoms with E-state index in [-0.39, 0.29) is 12.5 Å². The third-order valence-corrected chi connectivity index (χ3v) is 4.98. The maximum Gasteiger partial charge on any atom is 0.264 e. The summed E-state index contributed by atoms with van der Waals surface area (Å²) < 4.78 is 5.78. The molecule has 0 radical (unpaired) electrons. The second kappa shape index (κ2) is 9.53. The Bertz CT molecular complexity index is 801. The summed E-state index contributed by atoms with van der Waals surface area (Å²) in [5, 5.41) is 0. The number of hydrogen-bond donors (Lipinski definition) is 0. The van der Waals surface area contributed by atoms with Crippen LogP contribution in [0.15, 0.2) is 30.3 Å². The molecule has 1 aliphatic heterocycles. The number of carbonyl (C=O) groups excluding carboxylic acids is 1. The van der Waals surface area contributed by atoms with Crippen molar-refractivity contribution in [3.63, 3.8) is 0 Å². The first-order valence-corrected chi connectivity index (χ1v) is 10.2. The highest BCUT2D eigenvalue weighted by atomic mass is 16.5. The molecule has 1 aromatic heterocycles. The Morgan fingerprint density at radius 3 is 2.54 bits per heavy atom. The molecule has 0 bridgehead atoms. The average molecular weight is 383 g/mol. The van der Waals surface area contributed by atoms with E-state index in [1.807, 2.05) is 45.0 Å². The largest absolute Gasteiger partial charge is 0.467 e. The topological polar surface area (TPSA) is 58.6 Å². The highest BCUT2D eigenvalue weighted by Crippen LogP contribution is 2.20. The molecule has 6 heteroatoms. The van der Waals surface area contributed by atoms with E-state index >= 15 is 0 Å². The van der Waals surface area contributed by atoms with Gasteiger partial charge in [0.1, 0.15) is 0 Å². The molecule has 1 amide bonds. The van der Waals surface area contributed by atoms with Gasteiger partial charge in [-0.1, -0.05) is 25.0 Å². The van der Waals surface area contributed by atoms with Crippen LogP contribution in [-0.4, -0.2) is 42.1 Å². The number of benzene rings is 1. The fourth-order valence-electron chi connectivity index (χ4n) is 3.52. The monoisotopic (exact) mass is 382 g/mol. The number of likely N-dealkylation sites (N-methyl/N-ethyl adjacent to an activating group) is 1. The zero-order valence-corrected chi connectivity index (χ0v) is 17.1. The van der Waals surface area contributed by atoms with Crippen molar-refractivity contribution in [1.29, 1.82) is 0 Å². The summed E-state index contributed by atoms with van der Waals surface area (Å²) in [6.45, 7) is 8.41. The van der Waals surface area contributed by atoms with E-state index in [0.717, 1.165) is 42.9 Å². The second-order valence-electron chi connectivity index (χ2n) is 7.31. The van der Waals surface area contributed by atoms with Crippen molar-refractivity contribution in [3.05, 3.63) is 41.6 Å². The third kappa shape index (κ3) is 5.21. The predicted octanol–water partition coefficient (Wildman–Crippen LogP) is 3.91. The van der Waals surface area contributed by atoms with Crippen LogP contribution in [-0.2, 0) is 4.79 Å². The molecule has 0 N–H and O–H groups in total. The number of aromatic nitrogens is 2. The molecule has 150 valence electrons. The van der Waals surface area contributed by atoms with Gasteiger partial charge in [-0.2, -0.15) is 4.98 Å². The molecule has 1 saturated heterocycles. The number of aryl methyl sites for hydroxylation is 2. The summed E-state index contributed by atoms with van der Waals surface area (Å²) in [4.78, 5) is 25.8. The Hall–Kier alpha value is -2.63. The van der Waals surface area contributed by atoms with Crippen molar-refractivity contribution in [2.24, 2.45) is 0 Å². The summed E-state index contributed by atoms with van der Waals surface area (Å²) in [6.07, 6.45) is 4.83. The smallest absolute Gasteiger partial charge is 0.264 e. The molecule has 28 heavy (non-hydrogen) atoms. The van der Waals surface area contributed by atoms with Gasteiger partial charge in [-0.3, -0.25) is 4.79 Å². The number of amides is 1. The van der Waals surface area contributed by atoms with E-state index in [1.54, 1.807) is 11.0 Å². The molecule has 2 heterocycles. The van der Waals surface area contributed by atoms with Crippen LogP contribution < -0.4 is 14.5 Å². The number of carbonyl (C=O) groups is 1. The summed E-state index contributed by atoms with van der Waals surface area (Å²) in [5.41, 5.74) is 2.86. The number of anilines is 2. The first-order valence-electron chi connectivity index (χ1n) is 10.2. The average Bonchev–Trinajstić information content (AvgIpc) is 2.96. The Morgan fingerprint density at radius 2 is 1.86 bits per heavy atom. The summed E-state index contributed by atoms with van der Waals surface area (Å²) >= 11 is 0. The summed E-state index contributed by atoms with van der Waals surface area (Å²) in [5.74, 6) is 1.08. The highest BCUT2D eigenvalue weighted by Gasteiger charge is 2.17. The molecule has 1 fully saturated rings. The van der Waals surface area contributed by atoms with Crippen LogP contribution in [0.5, 0.6) is 5.88 Å². The third-order valence-electron chi connectivity index (χ3n) is 4.98. The van der Waals surface area contributed by atoms with Gasteiger partial charge in [0, 0.05) is 37.1 Å². The fraction of sp³-hybridized carbons (Fsp3) is 0.500. The van der Waals surface area contributed by atoms with Crippen molar-refractivity contribution in [2.45, 2.75) is 46.5 Å². The van der Waals surface area contributed by atoms with Crippen molar-refractivity contribution >= 4 is 17.5 Å². The Kier molecular flexibility index (Phi) is 6.85. The van der Waals surface area contributed by atoms with E-state index in [0.29, 0.717) is 18.4 Å². The van der Waals surface area contributed by atoms with Gasteiger partial charge >= 0.3 is 0 Å². The molecule has 3 rings (SSSR count). The predicted molar refractivity (Wildman–Crippen MR) is 112 cm³/mol. The standard InChI is InChI=1S/C22H30N4O2/c1-4-26(19-11-9-10-17(2)14-19)21(27)16-28-20-15-18(3)23-22(24-20)25-12-7-5-6-8-13-25/h9-11,14-15H,4-8,12-13,16H2,1-3H3. The van der Waals surface area contributed by atoms with Crippen molar-refractivity contribution in [3.8, 4) is 5.88 Å². The van der Waals surface area contributed by atoms with Crippen LogP contribution >= 0.6 is 0 Å². The SMILES string of the molecule is CCN(C(=O)COc1cc(C)nc(N2CCCCCC2)n1)c1cccc(C)c1. The lowest BCUT2D eigenvalue weighted by atomic mass is 10.2. The van der Waals surface area contributed by atoms with Gasteiger partial charge in [-0.05, 0) is 51.3 Å². The van der Waals surface area contributed by atoms with Crippen LogP contribution in [0.25, 0.3) is 0 Å². The molecule has 0 saturated carbocycles. The van der Waals surface area contributed by atoms with E-state index in [2.05, 4.69) is 14.9 Å². The Balaban J connectivity index is 1.68. The van der Waals surface area contributed by atoms with E-state index in [1.165, 1.54) is 12.8 Å². The number of nitrogens with zero attached hydrogens (tertiary/aromatic N) is 4. The van der Waals surface area contributed by atoms with E-state index < -0.39 is 0 Å². The number of hydrogen-bond acceptors (Lipinski definition) is 5. The molecule has 6 nitrogen and oxygen atoms in total. The Labute approximate surface area is 167 Å². The van der Waals surface area contributed by atoms with E-state index in [9.17, 15) is 4.79 Å². The minimum absolute atomic E-state index is 0.0440. The van der Waals surface area contributed by atoms with Crippen LogP contribution in [0.4, 0.5) is 11.6 Å². The molecule has 0 aliphatic carbocycles. The summed E-state index contributed by atoms with van der Waals surface area (Å²) in [7, 11) is 0. The quantitative estimate of drug-likeness (QED) is 0.758. The van der Waals surface area contributed by atoms with E-state index in [4.69, 9.17) is 4.74 Å². The molecule has 1 aromatic carbocycles. The van der Waals surface area contributed by atoms with Crippen molar-refractivity contribution in [2.75, 3.05) is 36.0 Å². The highest BCUT2D eigenvalue weighted by molar-refractivity contribution is 5.94. The normalized spacial score (nSPS) is 14.5. The molecule has 0 unspecified atom stereocenters. The maximum absolute atomic E-state index is 12.7. The minimum Gasteiger partial charge on any atom is -0.467 e. The molecule has 0 spiro atoms. The lowest BCUT2D eigenvalue weighted by Gasteiger charge is -2.22. The van der Waals surface area contributed by atoms with Gasteiger partial charge < -0.3 is 14.5 Å². The first kappa shape index (κ1) is 20.1. The minimum atomic E-state index is -0.0827. The first-order chi connectivity index (χ1) is 13.6. The lowest BCUT2D eigenvalue weighted by molar-refractivity contribution is -0.120.